The van der Waals surface area contributed by atoms with Gasteiger partial charge in [-0.2, -0.15) is 0 Å². The first-order valence-corrected chi connectivity index (χ1v) is 8.37. The molecule has 2 aliphatic heterocycles. The molecule has 1 unspecified atom stereocenters. The number of fused-ring (bicyclic) bond motifs is 1. The van der Waals surface area contributed by atoms with Gasteiger partial charge in [0.1, 0.15) is 0 Å². The molecule has 2 aliphatic rings. The monoisotopic (exact) mass is 295 g/mol. The predicted molar refractivity (Wildman–Crippen MR) is 75.6 cm³/mol. The SMILES string of the molecule is O=S1(=O)C=CC(NCc2cccc3c2OCCCO3)C1. The second kappa shape index (κ2) is 5.46. The van der Waals surface area contributed by atoms with Gasteiger partial charge >= 0.3 is 0 Å². The van der Waals surface area contributed by atoms with Crippen molar-refractivity contribution >= 4 is 9.84 Å². The number of nitrogens with one attached hydrogen (secondary N) is 1. The molecule has 0 bridgehead atoms. The average molecular weight is 295 g/mol. The molecule has 5 nitrogen and oxygen atoms in total. The molecule has 0 saturated carbocycles. The molecule has 20 heavy (non-hydrogen) atoms. The summed E-state index contributed by atoms with van der Waals surface area (Å²) in [4.78, 5) is 0. The molecule has 0 radical (unpaired) electrons. The van der Waals surface area contributed by atoms with Crippen molar-refractivity contribution in [3.63, 3.8) is 0 Å². The lowest BCUT2D eigenvalue weighted by Gasteiger charge is -2.15. The molecule has 2 heterocycles. The summed E-state index contributed by atoms with van der Waals surface area (Å²) in [5, 5.41) is 4.50. The number of hydrogen-bond donors (Lipinski definition) is 1. The Labute approximate surface area is 118 Å². The van der Waals surface area contributed by atoms with Crippen LogP contribution in [0.15, 0.2) is 29.7 Å². The molecule has 0 aliphatic carbocycles. The van der Waals surface area contributed by atoms with E-state index < -0.39 is 9.84 Å². The number of hydrogen-bond acceptors (Lipinski definition) is 5. The summed E-state index contributed by atoms with van der Waals surface area (Å²) in [6, 6.07) is 5.64. The Balaban J connectivity index is 1.71. The fourth-order valence-corrected chi connectivity index (χ4v) is 3.61. The van der Waals surface area contributed by atoms with Crippen molar-refractivity contribution < 1.29 is 17.9 Å². The van der Waals surface area contributed by atoms with Crippen LogP contribution in [-0.4, -0.2) is 33.4 Å². The molecule has 0 fully saturated rings. The zero-order valence-corrected chi connectivity index (χ0v) is 11.9. The smallest absolute Gasteiger partial charge is 0.173 e. The maximum absolute atomic E-state index is 11.4. The van der Waals surface area contributed by atoms with Gasteiger partial charge in [0.05, 0.1) is 19.0 Å². The van der Waals surface area contributed by atoms with Gasteiger partial charge in [0.25, 0.3) is 0 Å². The van der Waals surface area contributed by atoms with Gasteiger partial charge < -0.3 is 14.8 Å². The van der Waals surface area contributed by atoms with E-state index in [-0.39, 0.29) is 11.8 Å². The molecular formula is C14H17NO4S. The molecule has 0 saturated heterocycles. The van der Waals surface area contributed by atoms with E-state index in [1.807, 2.05) is 18.2 Å². The molecule has 0 spiro atoms. The Bertz CT molecular complexity index is 624. The van der Waals surface area contributed by atoms with Crippen LogP contribution in [0.3, 0.4) is 0 Å². The summed E-state index contributed by atoms with van der Waals surface area (Å²) in [5.74, 6) is 1.65. The van der Waals surface area contributed by atoms with Crippen molar-refractivity contribution in [1.82, 2.24) is 5.32 Å². The van der Waals surface area contributed by atoms with Crippen LogP contribution in [0, 0.1) is 0 Å². The van der Waals surface area contributed by atoms with E-state index in [2.05, 4.69) is 5.32 Å². The van der Waals surface area contributed by atoms with E-state index in [4.69, 9.17) is 9.47 Å². The first kappa shape index (κ1) is 13.5. The molecule has 3 rings (SSSR count). The van der Waals surface area contributed by atoms with Gasteiger partial charge in [-0.3, -0.25) is 0 Å². The molecule has 6 heteroatoms. The van der Waals surface area contributed by atoms with Gasteiger partial charge in [-0.05, 0) is 6.07 Å². The standard InChI is InChI=1S/C14H17NO4S/c16-20(17)8-5-12(10-20)15-9-11-3-1-4-13-14(11)19-7-2-6-18-13/h1,3-5,8,12,15H,2,6-7,9-10H2. The Hall–Kier alpha value is -1.53. The van der Waals surface area contributed by atoms with Crippen molar-refractivity contribution in [2.45, 2.75) is 19.0 Å². The van der Waals surface area contributed by atoms with Gasteiger partial charge in [-0.25, -0.2) is 8.42 Å². The normalized spacial score (nSPS) is 23.5. The highest BCUT2D eigenvalue weighted by atomic mass is 32.2. The highest BCUT2D eigenvalue weighted by Gasteiger charge is 2.22. The number of ether oxygens (including phenoxy) is 2. The van der Waals surface area contributed by atoms with Crippen LogP contribution < -0.4 is 14.8 Å². The second-order valence-corrected chi connectivity index (χ2v) is 6.87. The maximum atomic E-state index is 11.4. The number of rotatable bonds is 3. The Morgan fingerprint density at radius 2 is 2.10 bits per heavy atom. The lowest BCUT2D eigenvalue weighted by Crippen LogP contribution is -2.29. The summed E-state index contributed by atoms with van der Waals surface area (Å²) < 4.78 is 34.1. The van der Waals surface area contributed by atoms with Gasteiger partial charge in [-0.1, -0.05) is 18.2 Å². The number of para-hydroxylation sites is 1. The second-order valence-electron chi connectivity index (χ2n) is 4.94. The van der Waals surface area contributed by atoms with E-state index in [1.165, 1.54) is 5.41 Å². The number of benzene rings is 1. The van der Waals surface area contributed by atoms with Crippen LogP contribution in [0.2, 0.25) is 0 Å². The lowest BCUT2D eigenvalue weighted by molar-refractivity contribution is 0.296. The van der Waals surface area contributed by atoms with Crippen molar-refractivity contribution in [3.8, 4) is 11.5 Å². The average Bonchev–Trinajstić information content (AvgIpc) is 2.64. The first-order valence-electron chi connectivity index (χ1n) is 6.66. The minimum Gasteiger partial charge on any atom is -0.490 e. The third-order valence-electron chi connectivity index (χ3n) is 3.34. The Morgan fingerprint density at radius 1 is 1.25 bits per heavy atom. The first-order chi connectivity index (χ1) is 9.64. The van der Waals surface area contributed by atoms with Crippen molar-refractivity contribution in [2.75, 3.05) is 19.0 Å². The number of sulfone groups is 1. The quantitative estimate of drug-likeness (QED) is 0.909. The minimum absolute atomic E-state index is 0.124. The molecule has 1 aromatic rings. The molecule has 0 amide bonds. The van der Waals surface area contributed by atoms with Gasteiger partial charge in [0, 0.05) is 30.0 Å². The van der Waals surface area contributed by atoms with E-state index in [9.17, 15) is 8.42 Å². The third-order valence-corrected chi connectivity index (χ3v) is 4.73. The highest BCUT2D eigenvalue weighted by Crippen LogP contribution is 2.33. The van der Waals surface area contributed by atoms with Crippen LogP contribution in [0.5, 0.6) is 11.5 Å². The maximum Gasteiger partial charge on any atom is 0.173 e. The van der Waals surface area contributed by atoms with E-state index in [0.717, 1.165) is 23.5 Å². The van der Waals surface area contributed by atoms with Gasteiger partial charge in [0.2, 0.25) is 0 Å². The van der Waals surface area contributed by atoms with Crippen molar-refractivity contribution in [1.29, 1.82) is 0 Å². The Morgan fingerprint density at radius 3 is 2.90 bits per heavy atom. The van der Waals surface area contributed by atoms with Gasteiger partial charge in [-0.15, -0.1) is 0 Å². The molecule has 108 valence electrons. The van der Waals surface area contributed by atoms with Crippen LogP contribution >= 0.6 is 0 Å². The van der Waals surface area contributed by atoms with E-state index in [1.54, 1.807) is 6.08 Å². The minimum atomic E-state index is -3.02. The van der Waals surface area contributed by atoms with Crippen molar-refractivity contribution in [2.24, 2.45) is 0 Å². The van der Waals surface area contributed by atoms with Gasteiger partial charge in [0.15, 0.2) is 21.3 Å². The zero-order valence-electron chi connectivity index (χ0n) is 11.0. The predicted octanol–water partition coefficient (Wildman–Crippen LogP) is 1.25. The molecule has 1 atom stereocenters. The van der Waals surface area contributed by atoms with Crippen LogP contribution in [0.4, 0.5) is 0 Å². The lowest BCUT2D eigenvalue weighted by atomic mass is 10.1. The topological polar surface area (TPSA) is 64.6 Å². The zero-order chi connectivity index (χ0) is 14.0. The molecule has 0 aromatic heterocycles. The van der Waals surface area contributed by atoms with E-state index >= 15 is 0 Å². The molecule has 1 N–H and O–H groups in total. The fraction of sp³-hybridized carbons (Fsp3) is 0.429. The highest BCUT2D eigenvalue weighted by molar-refractivity contribution is 7.94. The fourth-order valence-electron chi connectivity index (χ4n) is 2.34. The summed E-state index contributed by atoms with van der Waals surface area (Å²) in [7, 11) is -3.02. The summed E-state index contributed by atoms with van der Waals surface area (Å²) in [6.07, 6.45) is 2.56. The third kappa shape index (κ3) is 2.96. The van der Waals surface area contributed by atoms with Crippen LogP contribution in [-0.2, 0) is 16.4 Å². The largest absolute Gasteiger partial charge is 0.490 e. The summed E-state index contributed by atoms with van der Waals surface area (Å²) in [6.45, 7) is 1.85. The van der Waals surface area contributed by atoms with Crippen molar-refractivity contribution in [3.05, 3.63) is 35.2 Å². The molecule has 1 aromatic carbocycles. The van der Waals surface area contributed by atoms with Crippen LogP contribution in [0.1, 0.15) is 12.0 Å². The molecular weight excluding hydrogens is 278 g/mol. The van der Waals surface area contributed by atoms with Crippen LogP contribution in [0.25, 0.3) is 0 Å². The van der Waals surface area contributed by atoms with E-state index in [0.29, 0.717) is 19.8 Å². The summed E-state index contributed by atoms with van der Waals surface area (Å²) >= 11 is 0. The summed E-state index contributed by atoms with van der Waals surface area (Å²) in [5.41, 5.74) is 0.988. The Kier molecular flexibility index (Phi) is 3.67.